The molecule has 1 fully saturated rings. The number of nitrogens with zero attached hydrogens (tertiary/aromatic N) is 3. The zero-order chi connectivity index (χ0) is 22.2. The number of piperazine rings is 1. The van der Waals surface area contributed by atoms with Crippen LogP contribution in [0.1, 0.15) is 20.8 Å². The van der Waals surface area contributed by atoms with E-state index in [9.17, 15) is 14.4 Å². The Balaban J connectivity index is 1.43. The molecule has 1 aromatic heterocycles. The predicted molar refractivity (Wildman–Crippen MR) is 120 cm³/mol. The Morgan fingerprint density at radius 2 is 1.78 bits per heavy atom. The van der Waals surface area contributed by atoms with Crippen LogP contribution in [0, 0.1) is 0 Å². The first-order chi connectivity index (χ1) is 15.5. The van der Waals surface area contributed by atoms with Crippen LogP contribution in [-0.4, -0.2) is 58.2 Å². The second-order valence-corrected chi connectivity index (χ2v) is 8.17. The van der Waals surface area contributed by atoms with Crippen LogP contribution in [0.15, 0.2) is 66.9 Å². The summed E-state index contributed by atoms with van der Waals surface area (Å²) >= 11 is 5.98. The fraction of sp³-hybridized carbons (Fsp3) is 0.167. The Labute approximate surface area is 189 Å². The molecule has 0 radical (unpaired) electrons. The summed E-state index contributed by atoms with van der Waals surface area (Å²) in [5.74, 6) is -0.795. The van der Waals surface area contributed by atoms with E-state index in [1.54, 1.807) is 58.5 Å². The van der Waals surface area contributed by atoms with Gasteiger partial charge < -0.3 is 15.1 Å². The number of amides is 3. The van der Waals surface area contributed by atoms with E-state index in [4.69, 9.17) is 11.6 Å². The van der Waals surface area contributed by atoms with Crippen molar-refractivity contribution < 1.29 is 14.4 Å². The van der Waals surface area contributed by atoms with Crippen LogP contribution in [-0.2, 0) is 4.79 Å². The fourth-order valence-electron chi connectivity index (χ4n) is 4.11. The number of rotatable bonds is 2. The molecule has 8 heteroatoms. The topological polar surface area (TPSA) is 82.6 Å². The minimum atomic E-state index is -0.768. The molecule has 0 spiro atoms. The summed E-state index contributed by atoms with van der Waals surface area (Å²) < 4.78 is 0. The third kappa shape index (κ3) is 3.61. The lowest BCUT2D eigenvalue weighted by Gasteiger charge is -2.39. The Morgan fingerprint density at radius 1 is 1.00 bits per heavy atom. The first kappa shape index (κ1) is 20.2. The highest BCUT2D eigenvalue weighted by molar-refractivity contribution is 6.30. The van der Waals surface area contributed by atoms with Crippen LogP contribution in [0.4, 0.5) is 5.69 Å². The maximum Gasteiger partial charge on any atom is 0.272 e. The molecule has 2 aliphatic heterocycles. The number of nitrogens with one attached hydrogen (secondary N) is 1. The summed E-state index contributed by atoms with van der Waals surface area (Å²) in [6, 6.07) is 17.1. The van der Waals surface area contributed by atoms with E-state index >= 15 is 0 Å². The van der Waals surface area contributed by atoms with Gasteiger partial charge in [-0.05, 0) is 47.5 Å². The number of carbonyl (C=O) groups is 3. The van der Waals surface area contributed by atoms with E-state index in [2.05, 4.69) is 10.3 Å². The molecule has 1 saturated heterocycles. The maximum absolute atomic E-state index is 13.4. The first-order valence-electron chi connectivity index (χ1n) is 10.2. The van der Waals surface area contributed by atoms with Crippen molar-refractivity contribution in [3.05, 3.63) is 83.1 Å². The van der Waals surface area contributed by atoms with E-state index in [-0.39, 0.29) is 30.8 Å². The van der Waals surface area contributed by atoms with Crippen molar-refractivity contribution in [1.29, 1.82) is 0 Å². The smallest absolute Gasteiger partial charge is 0.272 e. The van der Waals surface area contributed by atoms with E-state index in [1.165, 1.54) is 0 Å². The third-order valence-electron chi connectivity index (χ3n) is 5.80. The van der Waals surface area contributed by atoms with E-state index < -0.39 is 6.04 Å². The molecule has 0 bridgehead atoms. The molecular weight excluding hydrogens is 428 g/mol. The average molecular weight is 447 g/mol. The average Bonchev–Trinajstić information content (AvgIpc) is 2.93. The number of carbonyl (C=O) groups excluding carboxylic acids is 3. The van der Waals surface area contributed by atoms with Gasteiger partial charge in [0.25, 0.3) is 11.8 Å². The van der Waals surface area contributed by atoms with E-state index in [0.717, 1.165) is 11.1 Å². The van der Waals surface area contributed by atoms with Gasteiger partial charge >= 0.3 is 0 Å². The van der Waals surface area contributed by atoms with Crippen molar-refractivity contribution >= 4 is 35.0 Å². The monoisotopic (exact) mass is 446 g/mol. The summed E-state index contributed by atoms with van der Waals surface area (Å²) in [5.41, 5.74) is 2.98. The van der Waals surface area contributed by atoms with Gasteiger partial charge in [-0.1, -0.05) is 35.9 Å². The molecule has 1 N–H and O–H groups in total. The molecule has 3 heterocycles. The fourth-order valence-corrected chi connectivity index (χ4v) is 4.23. The normalized spacial score (nSPS) is 17.8. The van der Waals surface area contributed by atoms with E-state index in [0.29, 0.717) is 28.5 Å². The molecule has 2 aromatic carbocycles. The molecule has 2 aliphatic rings. The van der Waals surface area contributed by atoms with Crippen molar-refractivity contribution in [1.82, 2.24) is 14.8 Å². The molecule has 7 nitrogen and oxygen atoms in total. The number of halogens is 1. The third-order valence-corrected chi connectivity index (χ3v) is 6.05. The van der Waals surface area contributed by atoms with Crippen molar-refractivity contribution in [2.24, 2.45) is 0 Å². The quantitative estimate of drug-likeness (QED) is 0.654. The van der Waals surface area contributed by atoms with E-state index in [1.807, 2.05) is 18.2 Å². The summed E-state index contributed by atoms with van der Waals surface area (Å²) in [4.78, 5) is 46.4. The Kier molecular flexibility index (Phi) is 5.11. The number of anilines is 1. The summed E-state index contributed by atoms with van der Waals surface area (Å²) in [6.07, 6.45) is 1.56. The van der Waals surface area contributed by atoms with Crippen LogP contribution in [0.25, 0.3) is 11.1 Å². The lowest BCUT2D eigenvalue weighted by atomic mass is 10.0. The first-order valence-corrected chi connectivity index (χ1v) is 10.6. The zero-order valence-electron chi connectivity index (χ0n) is 17.0. The van der Waals surface area contributed by atoms with Gasteiger partial charge in [0.15, 0.2) is 0 Å². The molecule has 32 heavy (non-hydrogen) atoms. The van der Waals surface area contributed by atoms with Crippen molar-refractivity contribution in [2.45, 2.75) is 6.04 Å². The van der Waals surface area contributed by atoms with Gasteiger partial charge in [0.2, 0.25) is 5.91 Å². The van der Waals surface area contributed by atoms with Crippen molar-refractivity contribution in [2.75, 3.05) is 25.0 Å². The minimum Gasteiger partial charge on any atom is -0.333 e. The minimum absolute atomic E-state index is 0.116. The summed E-state index contributed by atoms with van der Waals surface area (Å²) in [5, 5.41) is 3.50. The zero-order valence-corrected chi connectivity index (χ0v) is 17.7. The predicted octanol–water partition coefficient (Wildman–Crippen LogP) is 3.32. The van der Waals surface area contributed by atoms with Gasteiger partial charge in [-0.25, -0.2) is 0 Å². The molecule has 160 valence electrons. The molecule has 0 saturated carbocycles. The molecule has 1 unspecified atom stereocenters. The number of fused-ring (bicyclic) bond motifs is 2. The molecule has 3 aromatic rings. The highest BCUT2D eigenvalue weighted by Crippen LogP contribution is 2.30. The number of pyridine rings is 1. The van der Waals surface area contributed by atoms with Gasteiger partial charge in [-0.3, -0.25) is 19.4 Å². The molecule has 0 aliphatic carbocycles. The largest absolute Gasteiger partial charge is 0.333 e. The second kappa shape index (κ2) is 8.09. The Hall–Kier alpha value is -3.71. The lowest BCUT2D eigenvalue weighted by molar-refractivity contribution is -0.121. The van der Waals surface area contributed by atoms with Crippen molar-refractivity contribution in [3.8, 4) is 11.1 Å². The second-order valence-electron chi connectivity index (χ2n) is 7.74. The lowest BCUT2D eigenvalue weighted by Crippen LogP contribution is -2.59. The highest BCUT2D eigenvalue weighted by Gasteiger charge is 2.40. The van der Waals surface area contributed by atoms with Crippen LogP contribution in [0.2, 0.25) is 5.02 Å². The van der Waals surface area contributed by atoms with Gasteiger partial charge in [0.1, 0.15) is 11.7 Å². The number of aromatic nitrogens is 1. The maximum atomic E-state index is 13.4. The molecule has 5 rings (SSSR count). The van der Waals surface area contributed by atoms with Crippen LogP contribution in [0.5, 0.6) is 0 Å². The number of hydrogen-bond acceptors (Lipinski definition) is 4. The summed E-state index contributed by atoms with van der Waals surface area (Å²) in [6.45, 7) is 0.711. The van der Waals surface area contributed by atoms with Gasteiger partial charge in [-0.15, -0.1) is 0 Å². The van der Waals surface area contributed by atoms with Crippen LogP contribution in [0.3, 0.4) is 0 Å². The van der Waals surface area contributed by atoms with Gasteiger partial charge in [0.05, 0.1) is 17.8 Å². The van der Waals surface area contributed by atoms with Gasteiger partial charge in [-0.2, -0.15) is 0 Å². The number of hydrogen-bond donors (Lipinski definition) is 1. The van der Waals surface area contributed by atoms with Crippen molar-refractivity contribution in [3.63, 3.8) is 0 Å². The van der Waals surface area contributed by atoms with Gasteiger partial charge in [0, 0.05) is 24.3 Å². The SMILES string of the molecule is O=C1Nc2ccc(-c3ccc(Cl)cc3)cc2C(=O)N2CCN(C(=O)c3ccccn3)CC12. The molecule has 3 amide bonds. The standard InChI is InChI=1S/C24H19ClN4O3/c25-17-7-4-15(5-8-17)16-6-9-19-18(13-16)23(31)29-12-11-28(14-21(29)22(30)27-19)24(32)20-3-1-2-10-26-20/h1-10,13,21H,11-12,14H2,(H,27,30). The van der Waals surface area contributed by atoms with Crippen LogP contribution >= 0.6 is 11.6 Å². The number of benzene rings is 2. The Morgan fingerprint density at radius 3 is 2.53 bits per heavy atom. The highest BCUT2D eigenvalue weighted by atomic mass is 35.5. The molecular formula is C24H19ClN4O3. The molecule has 1 atom stereocenters. The Bertz CT molecular complexity index is 1210. The summed E-state index contributed by atoms with van der Waals surface area (Å²) in [7, 11) is 0. The van der Waals surface area contributed by atoms with Crippen LogP contribution < -0.4 is 5.32 Å².